The van der Waals surface area contributed by atoms with Gasteiger partial charge in [-0.1, -0.05) is 140 Å². The number of hydrogen-bond donors (Lipinski definition) is 0. The minimum absolute atomic E-state index is 0.451. The zero-order chi connectivity index (χ0) is 37.0. The molecule has 11 aromatic rings. The van der Waals surface area contributed by atoms with E-state index in [1.54, 1.807) is 6.20 Å². The molecule has 11 rings (SSSR count). The van der Waals surface area contributed by atoms with Crippen molar-refractivity contribution in [2.24, 2.45) is 0 Å². The Kier molecular flexibility index (Phi) is 7.24. The van der Waals surface area contributed by atoms with Crippen molar-refractivity contribution >= 4 is 44.0 Å². The Hall–Kier alpha value is -7.98. The van der Waals surface area contributed by atoms with Crippen LogP contribution in [-0.2, 0) is 0 Å². The van der Waals surface area contributed by atoms with E-state index in [0.29, 0.717) is 35.2 Å². The fraction of sp³-hybridized carbons (Fsp3) is 0. The van der Waals surface area contributed by atoms with Crippen molar-refractivity contribution in [3.05, 3.63) is 170 Å². The van der Waals surface area contributed by atoms with E-state index in [2.05, 4.69) is 22.8 Å². The first-order valence-electron chi connectivity index (χ1n) is 18.2. The molecule has 0 saturated heterocycles. The van der Waals surface area contributed by atoms with E-state index in [0.717, 1.165) is 66.3 Å². The van der Waals surface area contributed by atoms with Crippen LogP contribution in [0.15, 0.2) is 170 Å². The molecule has 0 bridgehead atoms. The molecule has 6 aromatic heterocycles. The fourth-order valence-electron chi connectivity index (χ4n) is 7.32. The third kappa shape index (κ3) is 5.19. The van der Waals surface area contributed by atoms with Crippen LogP contribution in [0.25, 0.3) is 101 Å². The van der Waals surface area contributed by atoms with Crippen molar-refractivity contribution in [1.29, 1.82) is 0 Å². The van der Waals surface area contributed by atoms with Crippen LogP contribution in [0.3, 0.4) is 0 Å². The van der Waals surface area contributed by atoms with Gasteiger partial charge in [0.15, 0.2) is 23.3 Å². The molecule has 56 heavy (non-hydrogen) atoms. The highest BCUT2D eigenvalue weighted by molar-refractivity contribution is 6.14. The quantitative estimate of drug-likeness (QED) is 0.167. The highest BCUT2D eigenvalue weighted by Crippen LogP contribution is 2.37. The highest BCUT2D eigenvalue weighted by Gasteiger charge is 2.24. The van der Waals surface area contributed by atoms with Crippen molar-refractivity contribution in [3.8, 4) is 57.4 Å². The van der Waals surface area contributed by atoms with Crippen molar-refractivity contribution in [3.63, 3.8) is 0 Å². The molecule has 0 aliphatic heterocycles. The largest absolute Gasteiger partial charge is 0.276 e. The van der Waals surface area contributed by atoms with Gasteiger partial charge in [-0.2, -0.15) is 19.9 Å². The van der Waals surface area contributed by atoms with E-state index in [9.17, 15) is 0 Å². The lowest BCUT2D eigenvalue weighted by Crippen LogP contribution is -2.07. The summed E-state index contributed by atoms with van der Waals surface area (Å²) >= 11 is 0. The van der Waals surface area contributed by atoms with Gasteiger partial charge < -0.3 is 0 Å². The number of nitrogens with zero attached hydrogens (tertiary/aromatic N) is 10. The summed E-state index contributed by atoms with van der Waals surface area (Å²) in [7, 11) is 0. The SMILES string of the molecule is c1ccc(-c2nc(-c3ccccc3)nc(-n3c4ccccc4c4nc5c6ncccc6n(-c6nc(-c7ccccc7)nc(-c7ccccc7)n6)c5cc43)n2)cc1. The maximum absolute atomic E-state index is 5.40. The van der Waals surface area contributed by atoms with Gasteiger partial charge in [0, 0.05) is 33.8 Å². The van der Waals surface area contributed by atoms with Crippen LogP contribution in [-0.4, -0.2) is 49.0 Å². The topological polar surface area (TPSA) is 113 Å². The Bertz CT molecular complexity index is 2900. The summed E-state index contributed by atoms with van der Waals surface area (Å²) in [4.78, 5) is 40.6. The Labute approximate surface area is 319 Å². The van der Waals surface area contributed by atoms with E-state index >= 15 is 0 Å². The van der Waals surface area contributed by atoms with E-state index in [1.807, 2.05) is 150 Å². The second-order valence-corrected chi connectivity index (χ2v) is 13.3. The number of aromatic nitrogens is 10. The van der Waals surface area contributed by atoms with Gasteiger partial charge in [-0.25, -0.2) is 15.0 Å². The van der Waals surface area contributed by atoms with Crippen LogP contribution in [0.5, 0.6) is 0 Å². The Morgan fingerprint density at radius 3 is 1.21 bits per heavy atom. The minimum Gasteiger partial charge on any atom is -0.276 e. The van der Waals surface area contributed by atoms with Crippen molar-refractivity contribution in [2.75, 3.05) is 0 Å². The average Bonchev–Trinajstić information content (AvgIpc) is 3.78. The minimum atomic E-state index is 0.451. The van der Waals surface area contributed by atoms with Gasteiger partial charge in [0.25, 0.3) is 0 Å². The van der Waals surface area contributed by atoms with Gasteiger partial charge in [0.05, 0.1) is 27.6 Å². The van der Waals surface area contributed by atoms with Crippen molar-refractivity contribution < 1.29 is 0 Å². The summed E-state index contributed by atoms with van der Waals surface area (Å²) in [6.45, 7) is 0. The molecule has 0 atom stereocenters. The van der Waals surface area contributed by atoms with Gasteiger partial charge in [-0.3, -0.25) is 14.1 Å². The smallest absolute Gasteiger partial charge is 0.238 e. The van der Waals surface area contributed by atoms with Gasteiger partial charge in [0.2, 0.25) is 11.9 Å². The first-order valence-corrected chi connectivity index (χ1v) is 18.2. The molecule has 0 saturated carbocycles. The Balaban J connectivity index is 1.23. The lowest BCUT2D eigenvalue weighted by Gasteiger charge is -2.12. The van der Waals surface area contributed by atoms with Gasteiger partial charge in [-0.05, 0) is 24.3 Å². The van der Waals surface area contributed by atoms with Crippen LogP contribution in [0.4, 0.5) is 0 Å². The molecule has 0 fully saturated rings. The van der Waals surface area contributed by atoms with Crippen LogP contribution in [0.1, 0.15) is 0 Å². The first-order chi connectivity index (χ1) is 27.8. The summed E-state index contributed by atoms with van der Waals surface area (Å²) in [5.74, 6) is 3.18. The molecular weight excluding hydrogens is 693 g/mol. The molecule has 0 amide bonds. The molecule has 262 valence electrons. The van der Waals surface area contributed by atoms with Gasteiger partial charge in [0.1, 0.15) is 11.0 Å². The van der Waals surface area contributed by atoms with Crippen LogP contribution in [0, 0.1) is 0 Å². The summed E-state index contributed by atoms with van der Waals surface area (Å²) < 4.78 is 4.11. The Morgan fingerprint density at radius 1 is 0.304 bits per heavy atom. The zero-order valence-electron chi connectivity index (χ0n) is 29.6. The molecule has 6 heterocycles. The van der Waals surface area contributed by atoms with Gasteiger partial charge in [-0.15, -0.1) is 0 Å². The number of hydrogen-bond acceptors (Lipinski definition) is 8. The van der Waals surface area contributed by atoms with Crippen LogP contribution < -0.4 is 0 Å². The van der Waals surface area contributed by atoms with Crippen molar-refractivity contribution in [1.82, 2.24) is 49.0 Å². The summed E-state index contributed by atoms with van der Waals surface area (Å²) in [6.07, 6.45) is 1.79. The van der Waals surface area contributed by atoms with E-state index in [4.69, 9.17) is 39.9 Å². The van der Waals surface area contributed by atoms with E-state index < -0.39 is 0 Å². The molecular formula is C46H28N10. The maximum Gasteiger partial charge on any atom is 0.238 e. The van der Waals surface area contributed by atoms with Crippen LogP contribution >= 0.6 is 0 Å². The molecule has 0 unspecified atom stereocenters. The lowest BCUT2D eigenvalue weighted by molar-refractivity contribution is 0.947. The third-order valence-electron chi connectivity index (χ3n) is 9.89. The first kappa shape index (κ1) is 31.5. The molecule has 0 N–H and O–H groups in total. The summed E-state index contributed by atoms with van der Waals surface area (Å²) in [5.41, 5.74) is 9.12. The number of fused-ring (bicyclic) bond motifs is 6. The Morgan fingerprint density at radius 2 is 0.714 bits per heavy atom. The normalized spacial score (nSPS) is 11.6. The number of rotatable bonds is 6. The fourth-order valence-corrected chi connectivity index (χ4v) is 7.32. The monoisotopic (exact) mass is 720 g/mol. The van der Waals surface area contributed by atoms with E-state index in [-0.39, 0.29) is 0 Å². The van der Waals surface area contributed by atoms with Gasteiger partial charge >= 0.3 is 0 Å². The number of pyridine rings is 2. The molecule has 0 radical (unpaired) electrons. The molecule has 10 heteroatoms. The average molecular weight is 721 g/mol. The third-order valence-corrected chi connectivity index (χ3v) is 9.89. The molecule has 10 nitrogen and oxygen atoms in total. The second kappa shape index (κ2) is 12.9. The highest BCUT2D eigenvalue weighted by atomic mass is 15.2. The molecule has 0 aliphatic carbocycles. The summed E-state index contributed by atoms with van der Waals surface area (Å²) in [6, 6.07) is 54.2. The van der Waals surface area contributed by atoms with E-state index in [1.165, 1.54) is 0 Å². The number of benzene rings is 5. The number of para-hydroxylation sites is 1. The molecule has 0 aliphatic rings. The predicted molar refractivity (Wildman–Crippen MR) is 219 cm³/mol. The summed E-state index contributed by atoms with van der Waals surface area (Å²) in [5, 5.41) is 0.960. The molecule has 5 aromatic carbocycles. The van der Waals surface area contributed by atoms with Crippen molar-refractivity contribution in [2.45, 2.75) is 0 Å². The zero-order valence-corrected chi connectivity index (χ0v) is 29.6. The maximum atomic E-state index is 5.40. The van der Waals surface area contributed by atoms with Crippen LogP contribution in [0.2, 0.25) is 0 Å². The molecule has 0 spiro atoms. The predicted octanol–water partition coefficient (Wildman–Crippen LogP) is 9.71. The lowest BCUT2D eigenvalue weighted by atomic mass is 10.2. The standard InChI is InChI=1S/C46H28N10/c1-5-16-29(17-6-1)41-49-42(30-18-7-2-8-19-30)52-45(51-41)55-34-25-14-13-24-33(34)38-36(55)28-37-40(48-38)39-35(26-15-27-47-39)56(37)46-53-43(31-20-9-3-10-21-31)50-44(54-46)32-22-11-4-12-23-32/h1-28H. The second-order valence-electron chi connectivity index (χ2n) is 13.3.